The Morgan fingerprint density at radius 1 is 0.716 bits per heavy atom. The molecule has 1 N–H and O–H groups in total. The van der Waals surface area contributed by atoms with Crippen LogP contribution in [0.2, 0.25) is 0 Å². The first-order valence-electron chi connectivity index (χ1n) is 24.4. The molecule has 390 valence electrons. The van der Waals surface area contributed by atoms with Gasteiger partial charge in [-0.1, -0.05) is 72.0 Å². The number of anilines is 1. The molecule has 0 saturated carbocycles. The Morgan fingerprint density at radius 2 is 1.27 bits per heavy atom. The zero-order valence-corrected chi connectivity index (χ0v) is 45.0. The molecule has 74 heavy (non-hydrogen) atoms. The average molecular weight is 1050 g/mol. The van der Waals surface area contributed by atoms with Crippen LogP contribution in [0.15, 0.2) is 109 Å². The van der Waals surface area contributed by atoms with Crippen molar-refractivity contribution in [3.8, 4) is 39.8 Å². The number of thiazole rings is 1. The van der Waals surface area contributed by atoms with Gasteiger partial charge in [0.05, 0.1) is 43.3 Å². The number of tetrazole rings is 1. The Balaban J connectivity index is 1.21. The van der Waals surface area contributed by atoms with E-state index in [1.807, 2.05) is 130 Å². The number of methoxy groups -OCH3 is 3. The van der Waals surface area contributed by atoms with Crippen molar-refractivity contribution < 1.29 is 41.7 Å². The van der Waals surface area contributed by atoms with E-state index in [2.05, 4.69) is 15.6 Å². The van der Waals surface area contributed by atoms with E-state index < -0.39 is 38.7 Å². The summed E-state index contributed by atoms with van der Waals surface area (Å²) in [7, 11) is 0.647. The van der Waals surface area contributed by atoms with Gasteiger partial charge in [-0.3, -0.25) is 5.32 Å². The summed E-state index contributed by atoms with van der Waals surface area (Å²) in [4.78, 5) is 34.2. The van der Waals surface area contributed by atoms with Gasteiger partial charge in [0.2, 0.25) is 15.8 Å². The minimum Gasteiger partial charge on any atom is -0.497 e. The normalized spacial score (nSPS) is 13.9. The summed E-state index contributed by atoms with van der Waals surface area (Å²) in [5, 5.41) is 16.2. The minimum absolute atomic E-state index is 0.0967. The highest BCUT2D eigenvalue weighted by molar-refractivity contribution is 7.89. The lowest BCUT2D eigenvalue weighted by atomic mass is 9.88. The summed E-state index contributed by atoms with van der Waals surface area (Å²) < 4.78 is 61.6. The van der Waals surface area contributed by atoms with Crippen molar-refractivity contribution in [3.63, 3.8) is 0 Å². The number of nitrogens with one attached hydrogen (secondary N) is 1. The molecule has 17 nitrogen and oxygen atoms in total. The smallest absolute Gasteiger partial charge is 0.413 e. The molecule has 7 aromatic rings. The fourth-order valence-electron chi connectivity index (χ4n) is 8.89. The number of aromatic nitrogens is 5. The lowest BCUT2D eigenvalue weighted by molar-refractivity contribution is 0.0182. The number of ether oxygens (including phenoxy) is 5. The number of amides is 2. The third-order valence-corrected chi connectivity index (χ3v) is 15.7. The summed E-state index contributed by atoms with van der Waals surface area (Å²) in [6, 6.07) is 34.1. The first kappa shape index (κ1) is 53.2. The molecule has 2 amide bonds. The molecule has 1 atom stereocenters. The maximum absolute atomic E-state index is 15.8. The number of carbonyl (C=O) groups excluding carboxylic acids is 2. The highest BCUT2D eigenvalue weighted by atomic mass is 32.2. The van der Waals surface area contributed by atoms with Crippen LogP contribution in [0.5, 0.6) is 17.2 Å². The molecule has 5 aromatic carbocycles. The van der Waals surface area contributed by atoms with Crippen LogP contribution >= 0.6 is 11.3 Å². The second-order valence-corrected chi connectivity index (χ2v) is 23.4. The molecule has 0 spiro atoms. The van der Waals surface area contributed by atoms with Crippen LogP contribution in [0.1, 0.15) is 76.6 Å². The van der Waals surface area contributed by atoms with Crippen molar-refractivity contribution >= 4 is 48.9 Å². The Hall–Kier alpha value is -7.09. The van der Waals surface area contributed by atoms with E-state index in [1.54, 1.807) is 51.3 Å². The summed E-state index contributed by atoms with van der Waals surface area (Å²) in [6.45, 7) is 12.1. The molecule has 2 aromatic heterocycles. The van der Waals surface area contributed by atoms with Gasteiger partial charge in [0.15, 0.2) is 5.13 Å². The maximum atomic E-state index is 15.8. The van der Waals surface area contributed by atoms with Crippen molar-refractivity contribution in [2.45, 2.75) is 96.9 Å². The van der Waals surface area contributed by atoms with Gasteiger partial charge in [-0.25, -0.2) is 23.0 Å². The first-order valence-corrected chi connectivity index (χ1v) is 26.8. The summed E-state index contributed by atoms with van der Waals surface area (Å²) in [5.74, 6) is 2.01. The second kappa shape index (κ2) is 22.6. The summed E-state index contributed by atoms with van der Waals surface area (Å²) >= 11 is 1.32. The molecule has 1 unspecified atom stereocenters. The number of carbonyl (C=O) groups is 2. The lowest BCUT2D eigenvalue weighted by Gasteiger charge is -2.38. The van der Waals surface area contributed by atoms with Gasteiger partial charge in [-0.15, -0.1) is 10.2 Å². The number of nitrogens with zero attached hydrogens (tertiary/aromatic N) is 7. The van der Waals surface area contributed by atoms with E-state index in [0.29, 0.717) is 66.0 Å². The Morgan fingerprint density at radius 3 is 1.82 bits per heavy atom. The van der Waals surface area contributed by atoms with Crippen molar-refractivity contribution in [1.82, 2.24) is 34.4 Å². The molecule has 0 bridgehead atoms. The standard InChI is InChI=1S/C55H64N8O9S2/c1-54(2,3)71-52(64)57-51-56-49-45(11-10-12-47(49)73-51)44-26-19-39(31-46(44)50-58-60-63(59-50)35-38-17-24-43(70-9)25-18-38)32-48(40-27-29-61(30-28-40)53(65)72-55(4,5)6)74(66,67)62(33-36-13-20-41(68-7)21-14-36)34-37-15-22-42(69-8)23-16-37/h10-26,31,40,48H,27-30,32-35H2,1-9H3,(H,56,57,64). The molecule has 1 aliphatic heterocycles. The minimum atomic E-state index is -4.15. The molecule has 1 fully saturated rings. The zero-order chi connectivity index (χ0) is 52.8. The molecule has 0 aliphatic carbocycles. The van der Waals surface area contributed by atoms with Crippen LogP contribution in [0.4, 0.5) is 14.7 Å². The number of benzene rings is 5. The van der Waals surface area contributed by atoms with E-state index in [1.165, 1.54) is 16.1 Å². The molecule has 3 heterocycles. The van der Waals surface area contributed by atoms with E-state index in [0.717, 1.165) is 43.8 Å². The molecular formula is C55H64N8O9S2. The van der Waals surface area contributed by atoms with Crippen LogP contribution in [0, 0.1) is 5.92 Å². The van der Waals surface area contributed by atoms with Crippen LogP contribution in [-0.2, 0) is 45.6 Å². The van der Waals surface area contributed by atoms with Crippen LogP contribution in [0.3, 0.4) is 0 Å². The van der Waals surface area contributed by atoms with Gasteiger partial charge in [0.25, 0.3) is 0 Å². The molecular weight excluding hydrogens is 981 g/mol. The van der Waals surface area contributed by atoms with E-state index in [9.17, 15) is 9.59 Å². The van der Waals surface area contributed by atoms with Crippen molar-refractivity contribution in [2.75, 3.05) is 39.7 Å². The van der Waals surface area contributed by atoms with Gasteiger partial charge in [0.1, 0.15) is 28.5 Å². The number of para-hydroxylation sites is 1. The van der Waals surface area contributed by atoms with E-state index in [4.69, 9.17) is 33.8 Å². The van der Waals surface area contributed by atoms with Crippen LogP contribution in [-0.4, -0.2) is 106 Å². The molecule has 0 radical (unpaired) electrons. The summed E-state index contributed by atoms with van der Waals surface area (Å²) in [5.41, 5.74) is 4.55. The second-order valence-electron chi connectivity index (χ2n) is 20.2. The molecule has 1 aliphatic rings. The molecule has 8 rings (SSSR count). The number of hydrogen-bond acceptors (Lipinski definition) is 14. The van der Waals surface area contributed by atoms with Gasteiger partial charge < -0.3 is 28.6 Å². The number of rotatable bonds is 17. The van der Waals surface area contributed by atoms with E-state index >= 15 is 8.42 Å². The number of hydrogen-bond donors (Lipinski definition) is 1. The fourth-order valence-corrected chi connectivity index (χ4v) is 12.0. The monoisotopic (exact) mass is 1040 g/mol. The highest BCUT2D eigenvalue weighted by Gasteiger charge is 2.41. The number of sulfonamides is 1. The summed E-state index contributed by atoms with van der Waals surface area (Å²) in [6.07, 6.45) is -0.0577. The highest BCUT2D eigenvalue weighted by Crippen LogP contribution is 2.40. The average Bonchev–Trinajstić information content (AvgIpc) is 4.02. The predicted octanol–water partition coefficient (Wildman–Crippen LogP) is 10.6. The third-order valence-electron chi connectivity index (χ3n) is 12.5. The molecule has 1 saturated heterocycles. The third kappa shape index (κ3) is 13.4. The fraction of sp³-hybridized carbons (Fsp3) is 0.382. The Kier molecular flexibility index (Phi) is 16.2. The Bertz CT molecular complexity index is 3110. The SMILES string of the molecule is COc1ccc(CN(Cc2ccc(OC)cc2)S(=O)(=O)C(Cc2ccc(-c3cccc4sc(NC(=O)OC(C)(C)C)nc34)c(-c3nnn(Cc4ccc(OC)cc4)n3)c2)C2CCN(C(=O)OC(C)(C)C)CC2)cc1. The first-order chi connectivity index (χ1) is 35.3. The number of likely N-dealkylation sites (tertiary alicyclic amines) is 1. The zero-order valence-electron chi connectivity index (χ0n) is 43.3. The van der Waals surface area contributed by atoms with Gasteiger partial charge in [-0.05, 0) is 148 Å². The van der Waals surface area contributed by atoms with E-state index in [-0.39, 0.29) is 25.4 Å². The van der Waals surface area contributed by atoms with Crippen molar-refractivity contribution in [2.24, 2.45) is 5.92 Å². The Labute approximate surface area is 436 Å². The molecule has 19 heteroatoms. The predicted molar refractivity (Wildman–Crippen MR) is 286 cm³/mol. The van der Waals surface area contributed by atoms with Crippen LogP contribution in [0.25, 0.3) is 32.7 Å². The van der Waals surface area contributed by atoms with Gasteiger partial charge in [0, 0.05) is 37.3 Å². The number of piperidine rings is 1. The largest absolute Gasteiger partial charge is 0.497 e. The quantitative estimate of drug-likeness (QED) is 0.0908. The van der Waals surface area contributed by atoms with Gasteiger partial charge >= 0.3 is 12.2 Å². The van der Waals surface area contributed by atoms with Crippen molar-refractivity contribution in [3.05, 3.63) is 131 Å². The van der Waals surface area contributed by atoms with Crippen molar-refractivity contribution in [1.29, 1.82) is 0 Å². The number of fused-ring (bicyclic) bond motifs is 1. The maximum Gasteiger partial charge on any atom is 0.413 e. The van der Waals surface area contributed by atoms with Crippen LogP contribution < -0.4 is 19.5 Å². The lowest BCUT2D eigenvalue weighted by Crippen LogP contribution is -2.48. The van der Waals surface area contributed by atoms with Gasteiger partial charge in [-0.2, -0.15) is 9.10 Å². The topological polar surface area (TPSA) is 189 Å².